The van der Waals surface area contributed by atoms with Gasteiger partial charge in [0, 0.05) is 16.5 Å². The Labute approximate surface area is 175 Å². The minimum atomic E-state index is -0.422. The maximum absolute atomic E-state index is 12.1. The number of aromatic nitrogens is 5. The number of tetrazole rings is 1. The minimum Gasteiger partial charge on any atom is -0.271 e. The first-order valence-electron chi connectivity index (χ1n) is 8.50. The van der Waals surface area contributed by atoms with Gasteiger partial charge in [-0.3, -0.25) is 4.79 Å². The first-order valence-corrected chi connectivity index (χ1v) is 9.25. The SMILES string of the molecule is O=C(Cn1nnc(-c2ccccc2Cl)n1)N/N=C\c1cc2ccccc2nc1Cl. The number of pyridine rings is 1. The van der Waals surface area contributed by atoms with Crippen LogP contribution in [0.25, 0.3) is 22.3 Å². The Morgan fingerprint density at radius 2 is 1.93 bits per heavy atom. The zero-order valence-electron chi connectivity index (χ0n) is 14.8. The number of carbonyl (C=O) groups is 1. The molecule has 2 heterocycles. The molecule has 0 radical (unpaired) electrons. The van der Waals surface area contributed by atoms with E-state index in [1.165, 1.54) is 6.21 Å². The van der Waals surface area contributed by atoms with Gasteiger partial charge in [0.05, 0.1) is 16.8 Å². The average molecular weight is 426 g/mol. The highest BCUT2D eigenvalue weighted by Crippen LogP contribution is 2.23. The van der Waals surface area contributed by atoms with Gasteiger partial charge in [0.1, 0.15) is 11.7 Å². The van der Waals surface area contributed by atoms with Gasteiger partial charge in [-0.1, -0.05) is 53.5 Å². The zero-order valence-corrected chi connectivity index (χ0v) is 16.3. The topological polar surface area (TPSA) is 98.0 Å². The molecule has 0 aliphatic carbocycles. The Morgan fingerprint density at radius 1 is 1.14 bits per heavy atom. The van der Waals surface area contributed by atoms with Gasteiger partial charge in [0.15, 0.2) is 0 Å². The number of hydrogen-bond acceptors (Lipinski definition) is 6. The number of nitrogens with one attached hydrogen (secondary N) is 1. The lowest BCUT2D eigenvalue weighted by Crippen LogP contribution is -2.24. The fraction of sp³-hybridized carbons (Fsp3) is 0.0526. The van der Waals surface area contributed by atoms with Crippen LogP contribution in [0.4, 0.5) is 0 Å². The molecule has 0 bridgehead atoms. The summed E-state index contributed by atoms with van der Waals surface area (Å²) in [7, 11) is 0. The van der Waals surface area contributed by atoms with E-state index < -0.39 is 5.91 Å². The average Bonchev–Trinajstić information content (AvgIpc) is 3.16. The largest absolute Gasteiger partial charge is 0.271 e. The summed E-state index contributed by atoms with van der Waals surface area (Å²) < 4.78 is 0. The predicted octanol–water partition coefficient (Wildman–Crippen LogP) is 3.35. The lowest BCUT2D eigenvalue weighted by atomic mass is 10.2. The van der Waals surface area contributed by atoms with Gasteiger partial charge in [-0.25, -0.2) is 10.4 Å². The van der Waals surface area contributed by atoms with Crippen molar-refractivity contribution < 1.29 is 4.79 Å². The highest BCUT2D eigenvalue weighted by Gasteiger charge is 2.11. The molecule has 0 saturated heterocycles. The van der Waals surface area contributed by atoms with Crippen molar-refractivity contribution in [2.45, 2.75) is 6.54 Å². The number of rotatable bonds is 5. The van der Waals surface area contributed by atoms with Gasteiger partial charge < -0.3 is 0 Å². The molecule has 0 aliphatic rings. The summed E-state index contributed by atoms with van der Waals surface area (Å²) in [6.45, 7) is -0.154. The van der Waals surface area contributed by atoms with Crippen LogP contribution in [0.15, 0.2) is 59.7 Å². The standard InChI is InChI=1S/C19H13Cl2N7O/c20-15-7-3-2-6-14(15)19-25-27-28(26-19)11-17(29)24-22-10-13-9-12-5-1-4-8-16(12)23-18(13)21/h1-10H,11H2,(H,24,29)/b22-10-. The van der Waals surface area contributed by atoms with E-state index in [-0.39, 0.29) is 6.54 Å². The van der Waals surface area contributed by atoms with Gasteiger partial charge in [-0.05, 0) is 29.5 Å². The molecule has 2 aromatic carbocycles. The molecule has 144 valence electrons. The third-order valence-corrected chi connectivity index (χ3v) is 4.58. The van der Waals surface area contributed by atoms with Crippen molar-refractivity contribution >= 4 is 46.2 Å². The molecule has 1 amide bonds. The molecule has 0 spiro atoms. The van der Waals surface area contributed by atoms with E-state index in [9.17, 15) is 4.79 Å². The van der Waals surface area contributed by atoms with Crippen LogP contribution in [0, 0.1) is 0 Å². The Hall–Kier alpha value is -3.36. The van der Waals surface area contributed by atoms with Crippen molar-refractivity contribution in [2.75, 3.05) is 0 Å². The molecule has 2 aromatic heterocycles. The number of amides is 1. The number of fused-ring (bicyclic) bond motifs is 1. The molecule has 4 aromatic rings. The lowest BCUT2D eigenvalue weighted by molar-refractivity contribution is -0.122. The molecule has 0 aliphatic heterocycles. The van der Waals surface area contributed by atoms with Crippen molar-refractivity contribution in [1.82, 2.24) is 30.6 Å². The van der Waals surface area contributed by atoms with Crippen LogP contribution in [0.1, 0.15) is 5.56 Å². The molecule has 8 nitrogen and oxygen atoms in total. The molecular weight excluding hydrogens is 413 g/mol. The van der Waals surface area contributed by atoms with E-state index in [4.69, 9.17) is 23.2 Å². The van der Waals surface area contributed by atoms with Crippen molar-refractivity contribution in [3.8, 4) is 11.4 Å². The van der Waals surface area contributed by atoms with Gasteiger partial charge in [0.25, 0.3) is 5.91 Å². The highest BCUT2D eigenvalue weighted by molar-refractivity contribution is 6.33. The van der Waals surface area contributed by atoms with Gasteiger partial charge >= 0.3 is 0 Å². The summed E-state index contributed by atoms with van der Waals surface area (Å²) in [6, 6.07) is 16.5. The third-order valence-electron chi connectivity index (χ3n) is 3.95. The summed E-state index contributed by atoms with van der Waals surface area (Å²) in [5.74, 6) is -0.0878. The van der Waals surface area contributed by atoms with Crippen LogP contribution >= 0.6 is 23.2 Å². The highest BCUT2D eigenvalue weighted by atomic mass is 35.5. The first kappa shape index (κ1) is 19.0. The fourth-order valence-electron chi connectivity index (χ4n) is 2.60. The number of hydrogen-bond donors (Lipinski definition) is 1. The van der Waals surface area contributed by atoms with Gasteiger partial charge in [-0.2, -0.15) is 9.90 Å². The predicted molar refractivity (Wildman–Crippen MR) is 111 cm³/mol. The normalized spacial score (nSPS) is 11.2. The molecule has 4 rings (SSSR count). The van der Waals surface area contributed by atoms with E-state index in [0.29, 0.717) is 27.1 Å². The van der Waals surface area contributed by atoms with E-state index in [0.717, 1.165) is 15.7 Å². The first-order chi connectivity index (χ1) is 14.1. The van der Waals surface area contributed by atoms with Crippen LogP contribution < -0.4 is 5.43 Å². The number of halogens is 2. The van der Waals surface area contributed by atoms with Crippen LogP contribution in [0.2, 0.25) is 10.2 Å². The van der Waals surface area contributed by atoms with E-state index in [2.05, 4.69) is 30.9 Å². The Bertz CT molecular complexity index is 1220. The molecule has 0 atom stereocenters. The van der Waals surface area contributed by atoms with Crippen LogP contribution in [-0.2, 0) is 11.3 Å². The summed E-state index contributed by atoms with van der Waals surface area (Å²) >= 11 is 12.3. The summed E-state index contributed by atoms with van der Waals surface area (Å²) in [5, 5.41) is 17.6. The van der Waals surface area contributed by atoms with Gasteiger partial charge in [-0.15, -0.1) is 10.2 Å². The second kappa shape index (κ2) is 8.34. The molecule has 0 unspecified atom stereocenters. The molecule has 0 saturated carbocycles. The number of para-hydroxylation sites is 1. The van der Waals surface area contributed by atoms with E-state index in [1.807, 2.05) is 36.4 Å². The van der Waals surface area contributed by atoms with Crippen LogP contribution in [0.3, 0.4) is 0 Å². The van der Waals surface area contributed by atoms with Gasteiger partial charge in [0.2, 0.25) is 5.82 Å². The van der Waals surface area contributed by atoms with Crippen molar-refractivity contribution in [3.63, 3.8) is 0 Å². The Kier molecular flexibility index (Phi) is 5.46. The molecule has 1 N–H and O–H groups in total. The second-order valence-electron chi connectivity index (χ2n) is 5.98. The smallest absolute Gasteiger partial charge is 0.263 e. The molecule has 29 heavy (non-hydrogen) atoms. The third kappa shape index (κ3) is 4.39. The number of hydrazone groups is 1. The molecular formula is C19H13Cl2N7O. The summed E-state index contributed by atoms with van der Waals surface area (Å²) in [4.78, 5) is 17.5. The number of nitrogens with zero attached hydrogens (tertiary/aromatic N) is 6. The Morgan fingerprint density at radius 3 is 2.79 bits per heavy atom. The van der Waals surface area contributed by atoms with Crippen LogP contribution in [-0.4, -0.2) is 37.3 Å². The maximum Gasteiger partial charge on any atom is 0.263 e. The van der Waals surface area contributed by atoms with Crippen molar-refractivity contribution in [2.24, 2.45) is 5.10 Å². The molecule has 0 fully saturated rings. The quantitative estimate of drug-likeness (QED) is 0.300. The summed E-state index contributed by atoms with van der Waals surface area (Å²) in [6.07, 6.45) is 1.43. The fourth-order valence-corrected chi connectivity index (χ4v) is 3.01. The van der Waals surface area contributed by atoms with E-state index >= 15 is 0 Å². The minimum absolute atomic E-state index is 0.154. The Balaban J connectivity index is 1.41. The number of benzene rings is 2. The van der Waals surface area contributed by atoms with Crippen molar-refractivity contribution in [1.29, 1.82) is 0 Å². The molecule has 10 heteroatoms. The van der Waals surface area contributed by atoms with Crippen LogP contribution in [0.5, 0.6) is 0 Å². The zero-order chi connectivity index (χ0) is 20.2. The van der Waals surface area contributed by atoms with E-state index in [1.54, 1.807) is 18.2 Å². The lowest BCUT2D eigenvalue weighted by Gasteiger charge is -2.02. The maximum atomic E-state index is 12.1. The van der Waals surface area contributed by atoms with Crippen molar-refractivity contribution in [3.05, 3.63) is 70.3 Å². The second-order valence-corrected chi connectivity index (χ2v) is 6.74. The monoisotopic (exact) mass is 425 g/mol. The number of carbonyl (C=O) groups excluding carboxylic acids is 1. The summed E-state index contributed by atoms with van der Waals surface area (Å²) in [5.41, 5.74) is 4.41.